The summed E-state index contributed by atoms with van der Waals surface area (Å²) in [4.78, 5) is 41.0. The van der Waals surface area contributed by atoms with E-state index in [1.54, 1.807) is 12.1 Å². The van der Waals surface area contributed by atoms with Crippen LogP contribution >= 0.6 is 11.5 Å². The van der Waals surface area contributed by atoms with Crippen LogP contribution in [-0.2, 0) is 17.8 Å². The van der Waals surface area contributed by atoms with E-state index in [4.69, 9.17) is 11.5 Å². The van der Waals surface area contributed by atoms with Crippen LogP contribution in [0.1, 0.15) is 49.8 Å². The van der Waals surface area contributed by atoms with Crippen LogP contribution in [0.2, 0.25) is 0 Å². The maximum atomic E-state index is 14.1. The number of anilines is 2. The third-order valence-electron chi connectivity index (χ3n) is 6.01. The quantitative estimate of drug-likeness (QED) is 0.297. The number of hydrogen-bond acceptors (Lipinski definition) is 6. The molecule has 1 aromatic heterocycles. The first-order valence-electron chi connectivity index (χ1n) is 11.8. The second-order valence-electron chi connectivity index (χ2n) is 8.45. The van der Waals surface area contributed by atoms with Crippen molar-refractivity contribution in [3.05, 3.63) is 112 Å². The fourth-order valence-corrected chi connectivity index (χ4v) is 4.84. The Bertz CT molecular complexity index is 1460. The van der Waals surface area contributed by atoms with Gasteiger partial charge in [-0.25, -0.2) is 4.39 Å². The van der Waals surface area contributed by atoms with Gasteiger partial charge in [0.15, 0.2) is 5.69 Å². The summed E-state index contributed by atoms with van der Waals surface area (Å²) in [5, 5.41) is 2.90. The lowest BCUT2D eigenvalue weighted by Gasteiger charge is -2.32. The van der Waals surface area contributed by atoms with Crippen LogP contribution < -0.4 is 21.7 Å². The Hall–Kier alpha value is -4.57. The molecule has 1 atom stereocenters. The molecular weight excluding hydrogens is 505 g/mol. The molecule has 38 heavy (non-hydrogen) atoms. The number of benzene rings is 3. The number of nitrogens with two attached hydrogens (primary N) is 2. The van der Waals surface area contributed by atoms with Crippen molar-refractivity contribution in [1.29, 1.82) is 0 Å². The molecule has 8 nitrogen and oxygen atoms in total. The van der Waals surface area contributed by atoms with E-state index in [1.807, 2.05) is 49.4 Å². The van der Waals surface area contributed by atoms with Gasteiger partial charge in [0.05, 0.1) is 5.69 Å². The number of para-hydroxylation sites is 1. The molecule has 10 heteroatoms. The normalized spacial score (nSPS) is 11.5. The van der Waals surface area contributed by atoms with Gasteiger partial charge in [0.1, 0.15) is 16.7 Å². The molecule has 4 rings (SSSR count). The van der Waals surface area contributed by atoms with Gasteiger partial charge in [-0.05, 0) is 52.8 Å². The third-order valence-corrected chi connectivity index (χ3v) is 6.86. The minimum atomic E-state index is -1.20. The van der Waals surface area contributed by atoms with E-state index in [2.05, 4.69) is 9.69 Å². The molecule has 0 spiro atoms. The number of halogens is 1. The number of hydrogen-bond donors (Lipinski definition) is 3. The summed E-state index contributed by atoms with van der Waals surface area (Å²) >= 11 is 0.727. The van der Waals surface area contributed by atoms with E-state index in [0.29, 0.717) is 17.7 Å². The van der Waals surface area contributed by atoms with Crippen LogP contribution in [0, 0.1) is 5.82 Å². The van der Waals surface area contributed by atoms with Crippen molar-refractivity contribution < 1.29 is 18.8 Å². The number of primary amides is 1. The van der Waals surface area contributed by atoms with Crippen molar-refractivity contribution in [2.75, 3.05) is 10.6 Å². The van der Waals surface area contributed by atoms with Crippen molar-refractivity contribution in [3.8, 4) is 0 Å². The van der Waals surface area contributed by atoms with E-state index < -0.39 is 29.6 Å². The van der Waals surface area contributed by atoms with Crippen LogP contribution in [0.15, 0.2) is 78.9 Å². The largest absolute Gasteiger partial charge is 0.395 e. The number of aromatic nitrogens is 1. The molecule has 0 unspecified atom stereocenters. The molecule has 194 valence electrons. The van der Waals surface area contributed by atoms with Crippen molar-refractivity contribution in [2.45, 2.75) is 25.9 Å². The maximum Gasteiger partial charge on any atom is 0.273 e. The number of aryl methyl sites for hydroxylation is 1. The molecule has 0 radical (unpaired) electrons. The lowest BCUT2D eigenvalue weighted by atomic mass is 10.00. The van der Waals surface area contributed by atoms with Gasteiger partial charge in [-0.3, -0.25) is 19.3 Å². The van der Waals surface area contributed by atoms with Crippen molar-refractivity contribution >= 4 is 40.6 Å². The van der Waals surface area contributed by atoms with Crippen LogP contribution in [0.5, 0.6) is 0 Å². The van der Waals surface area contributed by atoms with Crippen LogP contribution in [-0.4, -0.2) is 22.1 Å². The molecule has 0 bridgehead atoms. The average Bonchev–Trinajstić information content (AvgIpc) is 3.32. The Morgan fingerprint density at radius 2 is 1.66 bits per heavy atom. The molecule has 3 amide bonds. The highest BCUT2D eigenvalue weighted by molar-refractivity contribution is 7.09. The smallest absolute Gasteiger partial charge is 0.273 e. The van der Waals surface area contributed by atoms with Crippen LogP contribution in [0.4, 0.5) is 15.8 Å². The van der Waals surface area contributed by atoms with Gasteiger partial charge >= 0.3 is 0 Å². The molecule has 0 fully saturated rings. The predicted molar refractivity (Wildman–Crippen MR) is 145 cm³/mol. The minimum Gasteiger partial charge on any atom is -0.395 e. The fraction of sp³-hybridized carbons (Fsp3) is 0.143. The van der Waals surface area contributed by atoms with E-state index in [9.17, 15) is 18.8 Å². The average molecular weight is 532 g/mol. The monoisotopic (exact) mass is 531 g/mol. The lowest BCUT2D eigenvalue weighted by molar-refractivity contribution is -0.122. The zero-order chi connectivity index (χ0) is 27.2. The highest BCUT2D eigenvalue weighted by atomic mass is 32.1. The number of amides is 3. The zero-order valence-electron chi connectivity index (χ0n) is 20.6. The van der Waals surface area contributed by atoms with Crippen molar-refractivity contribution in [1.82, 2.24) is 9.69 Å². The lowest BCUT2D eigenvalue weighted by Crippen LogP contribution is -2.44. The third kappa shape index (κ3) is 5.55. The van der Waals surface area contributed by atoms with Gasteiger partial charge in [-0.1, -0.05) is 67.6 Å². The SMILES string of the molecule is CCc1ccccc1N(C(=O)c1snc(C(N)=O)c1N)[C@H](C(=O)NCc1ccccc1)c1ccc(F)cc1. The number of carbonyl (C=O) groups excluding carboxylic acids is 3. The molecule has 0 aliphatic rings. The number of carbonyl (C=O) groups is 3. The molecule has 0 aliphatic carbocycles. The molecule has 4 aromatic rings. The standard InChI is InChI=1S/C28H26FN5O3S/c1-2-18-10-6-7-11-21(18)34(28(37)25-22(30)23(26(31)35)33-38-25)24(19-12-14-20(29)15-13-19)27(36)32-16-17-8-4-3-5-9-17/h3-15,24H,2,16,30H2,1H3,(H2,31,35)(H,32,36)/t24-/m0/s1. The first kappa shape index (κ1) is 26.5. The summed E-state index contributed by atoms with van der Waals surface area (Å²) in [7, 11) is 0. The molecule has 0 saturated carbocycles. The van der Waals surface area contributed by atoms with Gasteiger partial charge in [0, 0.05) is 12.2 Å². The second-order valence-corrected chi connectivity index (χ2v) is 9.23. The van der Waals surface area contributed by atoms with Crippen LogP contribution in [0.25, 0.3) is 0 Å². The fourth-order valence-electron chi connectivity index (χ4n) is 4.09. The number of nitrogen functional groups attached to an aromatic ring is 1. The number of nitrogens with zero attached hydrogens (tertiary/aromatic N) is 2. The second kappa shape index (κ2) is 11.7. The summed E-state index contributed by atoms with van der Waals surface area (Å²) in [6.45, 7) is 2.14. The summed E-state index contributed by atoms with van der Waals surface area (Å²) in [6.07, 6.45) is 0.562. The molecule has 1 heterocycles. The van der Waals surface area contributed by atoms with Crippen LogP contribution in [0.3, 0.4) is 0 Å². The molecular formula is C28H26FN5O3S. The summed E-state index contributed by atoms with van der Waals surface area (Å²) in [5.41, 5.74) is 13.6. The van der Waals surface area contributed by atoms with Gasteiger partial charge in [-0.2, -0.15) is 4.37 Å². The van der Waals surface area contributed by atoms with E-state index in [-0.39, 0.29) is 22.8 Å². The Labute approximate surface area is 223 Å². The van der Waals surface area contributed by atoms with E-state index in [0.717, 1.165) is 22.7 Å². The minimum absolute atomic E-state index is 0.0346. The van der Waals surface area contributed by atoms with E-state index in [1.165, 1.54) is 29.2 Å². The Morgan fingerprint density at radius 3 is 2.29 bits per heavy atom. The Morgan fingerprint density at radius 1 is 1.00 bits per heavy atom. The molecule has 0 saturated heterocycles. The topological polar surface area (TPSA) is 131 Å². The highest BCUT2D eigenvalue weighted by Crippen LogP contribution is 2.35. The first-order chi connectivity index (χ1) is 18.3. The molecule has 5 N–H and O–H groups in total. The molecule has 3 aromatic carbocycles. The van der Waals surface area contributed by atoms with Gasteiger partial charge < -0.3 is 16.8 Å². The maximum absolute atomic E-state index is 14.1. The first-order valence-corrected chi connectivity index (χ1v) is 12.6. The molecule has 0 aliphatic heterocycles. The summed E-state index contributed by atoms with van der Waals surface area (Å²) in [6, 6.07) is 20.7. The predicted octanol–water partition coefficient (Wildman–Crippen LogP) is 4.23. The van der Waals surface area contributed by atoms with Gasteiger partial charge in [0.25, 0.3) is 11.8 Å². The Kier molecular flexibility index (Phi) is 8.12. The van der Waals surface area contributed by atoms with E-state index >= 15 is 0 Å². The summed E-state index contributed by atoms with van der Waals surface area (Å²) < 4.78 is 17.8. The van der Waals surface area contributed by atoms with Gasteiger partial charge in [0.2, 0.25) is 5.91 Å². The van der Waals surface area contributed by atoms with Gasteiger partial charge in [-0.15, -0.1) is 0 Å². The highest BCUT2D eigenvalue weighted by Gasteiger charge is 2.36. The van der Waals surface area contributed by atoms with Crippen molar-refractivity contribution in [3.63, 3.8) is 0 Å². The number of nitrogens with one attached hydrogen (secondary N) is 1. The number of rotatable bonds is 9. The summed E-state index contributed by atoms with van der Waals surface area (Å²) in [5.74, 6) is -2.48. The Balaban J connectivity index is 1.86. The van der Waals surface area contributed by atoms with Crippen molar-refractivity contribution in [2.24, 2.45) is 5.73 Å². The zero-order valence-corrected chi connectivity index (χ0v) is 21.4.